The highest BCUT2D eigenvalue weighted by atomic mass is 35.5. The fourth-order valence-corrected chi connectivity index (χ4v) is 2.30. The molecule has 0 radical (unpaired) electrons. The molecule has 2 aromatic carbocycles. The lowest BCUT2D eigenvalue weighted by molar-refractivity contribution is -0.115. The van der Waals surface area contributed by atoms with Crippen molar-refractivity contribution in [1.82, 2.24) is 0 Å². The number of hydrogen-bond donors (Lipinski definition) is 2. The number of methoxy groups -OCH3 is 1. The standard InChI is InChI=1S/C15H13Cl2NO3/c1-21-11-4-2-3-9(5-11)6-14(19)18-10-7-12(16)15(20)13(17)8-10/h2-5,7-8,20H,6H2,1H3,(H,18,19). The summed E-state index contributed by atoms with van der Waals surface area (Å²) in [6.45, 7) is 0. The summed E-state index contributed by atoms with van der Waals surface area (Å²) in [6.07, 6.45) is 0.188. The number of carbonyl (C=O) groups excluding carboxylic acids is 1. The molecule has 2 rings (SSSR count). The molecule has 0 bridgehead atoms. The summed E-state index contributed by atoms with van der Waals surface area (Å²) in [7, 11) is 1.57. The normalized spacial score (nSPS) is 10.2. The molecule has 6 heteroatoms. The van der Waals surface area contributed by atoms with Crippen LogP contribution in [0.25, 0.3) is 0 Å². The molecule has 110 valence electrons. The molecule has 0 unspecified atom stereocenters. The van der Waals surface area contributed by atoms with Crippen LogP contribution in [0.1, 0.15) is 5.56 Å². The van der Waals surface area contributed by atoms with Gasteiger partial charge in [0.2, 0.25) is 5.91 Å². The first kappa shape index (κ1) is 15.5. The van der Waals surface area contributed by atoms with Crippen LogP contribution in [0.3, 0.4) is 0 Å². The minimum atomic E-state index is -0.221. The van der Waals surface area contributed by atoms with Gasteiger partial charge < -0.3 is 15.2 Å². The second-order valence-electron chi connectivity index (χ2n) is 4.36. The summed E-state index contributed by atoms with van der Waals surface area (Å²) in [5.41, 5.74) is 1.25. The summed E-state index contributed by atoms with van der Waals surface area (Å²) in [5, 5.41) is 12.3. The van der Waals surface area contributed by atoms with E-state index in [4.69, 9.17) is 27.9 Å². The Morgan fingerprint density at radius 1 is 1.24 bits per heavy atom. The van der Waals surface area contributed by atoms with Crippen molar-refractivity contribution in [3.63, 3.8) is 0 Å². The number of phenols is 1. The van der Waals surface area contributed by atoms with Crippen molar-refractivity contribution in [3.8, 4) is 11.5 Å². The van der Waals surface area contributed by atoms with Gasteiger partial charge in [-0.15, -0.1) is 0 Å². The lowest BCUT2D eigenvalue weighted by Crippen LogP contribution is -2.14. The number of carbonyl (C=O) groups is 1. The van der Waals surface area contributed by atoms with Gasteiger partial charge in [0.15, 0.2) is 5.75 Å². The minimum absolute atomic E-state index is 0.0826. The summed E-state index contributed by atoms with van der Waals surface area (Å²) in [6, 6.07) is 10.1. The van der Waals surface area contributed by atoms with Crippen molar-refractivity contribution < 1.29 is 14.6 Å². The third-order valence-electron chi connectivity index (χ3n) is 2.80. The number of phenolic OH excluding ortho intramolecular Hbond substituents is 1. The van der Waals surface area contributed by atoms with Crippen LogP contribution in [-0.2, 0) is 11.2 Å². The van der Waals surface area contributed by atoms with E-state index in [-0.39, 0.29) is 28.1 Å². The molecule has 0 fully saturated rings. The van der Waals surface area contributed by atoms with Gasteiger partial charge in [-0.2, -0.15) is 0 Å². The summed E-state index contributed by atoms with van der Waals surface area (Å²) >= 11 is 11.6. The SMILES string of the molecule is COc1cccc(CC(=O)Nc2cc(Cl)c(O)c(Cl)c2)c1. The van der Waals surface area contributed by atoms with E-state index in [0.717, 1.165) is 5.56 Å². The quantitative estimate of drug-likeness (QED) is 0.838. The number of hydrogen-bond acceptors (Lipinski definition) is 3. The third-order valence-corrected chi connectivity index (χ3v) is 3.38. The topological polar surface area (TPSA) is 58.6 Å². The maximum atomic E-state index is 12.0. The molecule has 0 heterocycles. The number of nitrogens with one attached hydrogen (secondary N) is 1. The number of benzene rings is 2. The second kappa shape index (κ2) is 6.70. The Hall–Kier alpha value is -1.91. The molecule has 2 N–H and O–H groups in total. The van der Waals surface area contributed by atoms with Crippen LogP contribution >= 0.6 is 23.2 Å². The molecule has 1 amide bonds. The molecule has 21 heavy (non-hydrogen) atoms. The van der Waals surface area contributed by atoms with E-state index in [1.165, 1.54) is 12.1 Å². The number of aromatic hydroxyl groups is 1. The maximum absolute atomic E-state index is 12.0. The van der Waals surface area contributed by atoms with E-state index in [0.29, 0.717) is 11.4 Å². The predicted octanol–water partition coefficient (Wildman–Crippen LogP) is 3.89. The third kappa shape index (κ3) is 4.03. The highest BCUT2D eigenvalue weighted by Crippen LogP contribution is 2.34. The highest BCUT2D eigenvalue weighted by Gasteiger charge is 2.10. The summed E-state index contributed by atoms with van der Waals surface area (Å²) < 4.78 is 5.10. The van der Waals surface area contributed by atoms with E-state index in [2.05, 4.69) is 5.32 Å². The molecule has 0 aliphatic carbocycles. The van der Waals surface area contributed by atoms with Crippen LogP contribution in [-0.4, -0.2) is 18.1 Å². The number of halogens is 2. The van der Waals surface area contributed by atoms with Gasteiger partial charge in [-0.1, -0.05) is 35.3 Å². The first-order valence-electron chi connectivity index (χ1n) is 6.10. The van der Waals surface area contributed by atoms with Gasteiger partial charge in [0.05, 0.1) is 23.6 Å². The molecule has 0 aliphatic rings. The number of anilines is 1. The molecule has 4 nitrogen and oxygen atoms in total. The van der Waals surface area contributed by atoms with Gasteiger partial charge in [-0.25, -0.2) is 0 Å². The fraction of sp³-hybridized carbons (Fsp3) is 0.133. The molecular formula is C15H13Cl2NO3. The molecule has 0 spiro atoms. The molecule has 0 aliphatic heterocycles. The van der Waals surface area contributed by atoms with Crippen LogP contribution in [0.15, 0.2) is 36.4 Å². The van der Waals surface area contributed by atoms with E-state index in [1.54, 1.807) is 19.2 Å². The molecule has 0 aromatic heterocycles. The molecular weight excluding hydrogens is 313 g/mol. The number of ether oxygens (including phenoxy) is 1. The van der Waals surface area contributed by atoms with Crippen LogP contribution < -0.4 is 10.1 Å². The number of rotatable bonds is 4. The molecule has 0 atom stereocenters. The van der Waals surface area contributed by atoms with E-state index < -0.39 is 0 Å². The first-order chi connectivity index (χ1) is 9.99. The van der Waals surface area contributed by atoms with Crippen LogP contribution in [0, 0.1) is 0 Å². The van der Waals surface area contributed by atoms with Gasteiger partial charge in [0.25, 0.3) is 0 Å². The van der Waals surface area contributed by atoms with Gasteiger partial charge in [0.1, 0.15) is 5.75 Å². The fourth-order valence-electron chi connectivity index (χ4n) is 1.81. The Bertz CT molecular complexity index is 651. The van der Waals surface area contributed by atoms with Gasteiger partial charge in [-0.05, 0) is 29.8 Å². The maximum Gasteiger partial charge on any atom is 0.228 e. The van der Waals surface area contributed by atoms with E-state index >= 15 is 0 Å². The average Bonchev–Trinajstić information content (AvgIpc) is 2.44. The zero-order chi connectivity index (χ0) is 15.4. The zero-order valence-electron chi connectivity index (χ0n) is 11.2. The molecule has 0 saturated heterocycles. The van der Waals surface area contributed by atoms with Crippen molar-refractivity contribution in [3.05, 3.63) is 52.0 Å². The largest absolute Gasteiger partial charge is 0.505 e. The Morgan fingerprint density at radius 2 is 1.90 bits per heavy atom. The summed E-state index contributed by atoms with van der Waals surface area (Å²) in [4.78, 5) is 12.0. The first-order valence-corrected chi connectivity index (χ1v) is 6.86. The molecule has 0 saturated carbocycles. The van der Waals surface area contributed by atoms with Crippen LogP contribution in [0.5, 0.6) is 11.5 Å². The predicted molar refractivity (Wildman–Crippen MR) is 83.5 cm³/mol. The smallest absolute Gasteiger partial charge is 0.228 e. The minimum Gasteiger partial charge on any atom is -0.505 e. The average molecular weight is 326 g/mol. The Balaban J connectivity index is 2.08. The Labute approximate surface area is 132 Å². The number of amides is 1. The van der Waals surface area contributed by atoms with Gasteiger partial charge in [-0.3, -0.25) is 4.79 Å². The van der Waals surface area contributed by atoms with E-state index in [9.17, 15) is 9.90 Å². The van der Waals surface area contributed by atoms with Crippen molar-refractivity contribution in [1.29, 1.82) is 0 Å². The van der Waals surface area contributed by atoms with Crippen molar-refractivity contribution in [2.75, 3.05) is 12.4 Å². The highest BCUT2D eigenvalue weighted by molar-refractivity contribution is 6.37. The van der Waals surface area contributed by atoms with Crippen molar-refractivity contribution in [2.24, 2.45) is 0 Å². The lowest BCUT2D eigenvalue weighted by Gasteiger charge is -2.08. The molecule has 2 aromatic rings. The van der Waals surface area contributed by atoms with E-state index in [1.807, 2.05) is 12.1 Å². The van der Waals surface area contributed by atoms with Gasteiger partial charge in [0, 0.05) is 5.69 Å². The Morgan fingerprint density at radius 3 is 2.52 bits per heavy atom. The zero-order valence-corrected chi connectivity index (χ0v) is 12.7. The van der Waals surface area contributed by atoms with Gasteiger partial charge >= 0.3 is 0 Å². The van der Waals surface area contributed by atoms with Crippen LogP contribution in [0.2, 0.25) is 10.0 Å². The van der Waals surface area contributed by atoms with Crippen molar-refractivity contribution >= 4 is 34.8 Å². The summed E-state index contributed by atoms with van der Waals surface area (Å²) in [5.74, 6) is 0.265. The second-order valence-corrected chi connectivity index (χ2v) is 5.18. The van der Waals surface area contributed by atoms with Crippen molar-refractivity contribution in [2.45, 2.75) is 6.42 Å². The van der Waals surface area contributed by atoms with Crippen LogP contribution in [0.4, 0.5) is 5.69 Å². The Kier molecular flexibility index (Phi) is 4.94. The monoisotopic (exact) mass is 325 g/mol. The lowest BCUT2D eigenvalue weighted by atomic mass is 10.1.